The number of nitrogens with zero attached hydrogens (tertiary/aromatic N) is 3. The third kappa shape index (κ3) is 9.67. The highest BCUT2D eigenvalue weighted by Crippen LogP contribution is 2.02. The summed E-state index contributed by atoms with van der Waals surface area (Å²) in [5.41, 5.74) is 0. The molecular formula is C20H33N3O2. The summed E-state index contributed by atoms with van der Waals surface area (Å²) < 4.78 is 0. The second kappa shape index (κ2) is 14.2. The van der Waals surface area contributed by atoms with Crippen molar-refractivity contribution in [2.45, 2.75) is 19.8 Å². The number of hydrogen-bond donors (Lipinski definition) is 0. The van der Waals surface area contributed by atoms with E-state index in [0.29, 0.717) is 32.7 Å². The topological polar surface area (TPSA) is 43.9 Å². The molecule has 0 bridgehead atoms. The number of carbonyl (C=O) groups excluding carboxylic acids is 2. The third-order valence-corrected chi connectivity index (χ3v) is 3.65. The lowest BCUT2D eigenvalue weighted by atomic mass is 10.3. The standard InChI is InChI=1S/C20H33N3O2/c1-6-11-16-21(17-19(24)22(12-7-2)13-8-3)18-20(25)23(14-9-4)15-10-5/h7-10H,2-6,11-18H2,1H3. The molecule has 5 nitrogen and oxygen atoms in total. The molecule has 0 fully saturated rings. The van der Waals surface area contributed by atoms with Crippen LogP contribution < -0.4 is 0 Å². The summed E-state index contributed by atoms with van der Waals surface area (Å²) in [5.74, 6) is -0.0506. The van der Waals surface area contributed by atoms with Crippen LogP contribution in [0.1, 0.15) is 19.8 Å². The van der Waals surface area contributed by atoms with Crippen LogP contribution in [0.25, 0.3) is 0 Å². The molecule has 0 aliphatic heterocycles. The van der Waals surface area contributed by atoms with E-state index < -0.39 is 0 Å². The molecule has 0 aliphatic carbocycles. The third-order valence-electron chi connectivity index (χ3n) is 3.65. The van der Waals surface area contributed by atoms with Crippen LogP contribution in [0.2, 0.25) is 0 Å². The van der Waals surface area contributed by atoms with Gasteiger partial charge in [-0.3, -0.25) is 14.5 Å². The molecule has 0 atom stereocenters. The first-order valence-electron chi connectivity index (χ1n) is 8.75. The second-order valence-corrected chi connectivity index (χ2v) is 5.82. The fourth-order valence-corrected chi connectivity index (χ4v) is 2.36. The summed E-state index contributed by atoms with van der Waals surface area (Å²) in [7, 11) is 0. The fourth-order valence-electron chi connectivity index (χ4n) is 2.36. The van der Waals surface area contributed by atoms with E-state index >= 15 is 0 Å². The van der Waals surface area contributed by atoms with Crippen molar-refractivity contribution in [1.82, 2.24) is 14.7 Å². The maximum absolute atomic E-state index is 12.5. The van der Waals surface area contributed by atoms with Gasteiger partial charge in [-0.2, -0.15) is 0 Å². The van der Waals surface area contributed by atoms with Crippen LogP contribution in [-0.4, -0.2) is 72.3 Å². The van der Waals surface area contributed by atoms with Crippen molar-refractivity contribution < 1.29 is 9.59 Å². The molecule has 140 valence electrons. The van der Waals surface area contributed by atoms with E-state index in [2.05, 4.69) is 33.2 Å². The van der Waals surface area contributed by atoms with Crippen molar-refractivity contribution in [3.8, 4) is 0 Å². The minimum absolute atomic E-state index is 0.0253. The molecule has 0 saturated carbocycles. The van der Waals surface area contributed by atoms with E-state index in [4.69, 9.17) is 0 Å². The van der Waals surface area contributed by atoms with Crippen molar-refractivity contribution in [1.29, 1.82) is 0 Å². The minimum Gasteiger partial charge on any atom is -0.334 e. The van der Waals surface area contributed by atoms with Crippen LogP contribution in [0.15, 0.2) is 50.6 Å². The molecule has 0 aromatic rings. The first-order valence-corrected chi connectivity index (χ1v) is 8.75. The van der Waals surface area contributed by atoms with Gasteiger partial charge in [0.2, 0.25) is 11.8 Å². The molecule has 0 aliphatic rings. The van der Waals surface area contributed by atoms with Crippen LogP contribution in [0.5, 0.6) is 0 Å². The molecule has 0 saturated heterocycles. The SMILES string of the molecule is C=CCN(CC=C)C(=O)CN(CCCC)CC(=O)N(CC=C)CC=C. The average molecular weight is 348 g/mol. The highest BCUT2D eigenvalue weighted by atomic mass is 16.2. The Bertz CT molecular complexity index is 402. The molecule has 2 amide bonds. The van der Waals surface area contributed by atoms with Gasteiger partial charge in [0, 0.05) is 26.2 Å². The van der Waals surface area contributed by atoms with Crippen LogP contribution in [0.4, 0.5) is 0 Å². The molecule has 0 unspecified atom stereocenters. The molecule has 0 radical (unpaired) electrons. The summed E-state index contributed by atoms with van der Waals surface area (Å²) >= 11 is 0. The number of rotatable bonds is 15. The normalized spacial score (nSPS) is 10.2. The number of amides is 2. The van der Waals surface area contributed by atoms with Crippen molar-refractivity contribution in [3.05, 3.63) is 50.6 Å². The molecule has 0 rings (SSSR count). The van der Waals surface area contributed by atoms with Gasteiger partial charge < -0.3 is 9.80 Å². The fraction of sp³-hybridized carbons (Fsp3) is 0.500. The van der Waals surface area contributed by atoms with Gasteiger partial charge in [-0.05, 0) is 13.0 Å². The van der Waals surface area contributed by atoms with E-state index in [0.717, 1.165) is 12.8 Å². The first-order chi connectivity index (χ1) is 12.0. The van der Waals surface area contributed by atoms with Crippen molar-refractivity contribution in [3.63, 3.8) is 0 Å². The van der Waals surface area contributed by atoms with E-state index in [1.807, 2.05) is 4.90 Å². The Kier molecular flexibility index (Phi) is 13.0. The smallest absolute Gasteiger partial charge is 0.237 e. The first kappa shape index (κ1) is 22.9. The Morgan fingerprint density at radius 2 is 1.12 bits per heavy atom. The van der Waals surface area contributed by atoms with Crippen LogP contribution in [0, 0.1) is 0 Å². The molecule has 0 aromatic carbocycles. The van der Waals surface area contributed by atoms with Gasteiger partial charge in [-0.1, -0.05) is 37.6 Å². The Hall–Kier alpha value is -2.14. The Labute approximate surface area is 153 Å². The van der Waals surface area contributed by atoms with E-state index in [1.165, 1.54) is 0 Å². The summed E-state index contributed by atoms with van der Waals surface area (Å²) in [5, 5.41) is 0. The molecule has 0 spiro atoms. The molecule has 0 N–H and O–H groups in total. The van der Waals surface area contributed by atoms with Gasteiger partial charge in [-0.25, -0.2) is 0 Å². The Balaban J connectivity index is 4.96. The molecule has 0 aromatic heterocycles. The second-order valence-electron chi connectivity index (χ2n) is 5.82. The lowest BCUT2D eigenvalue weighted by Gasteiger charge is -2.28. The van der Waals surface area contributed by atoms with Gasteiger partial charge >= 0.3 is 0 Å². The quantitative estimate of drug-likeness (QED) is 0.428. The van der Waals surface area contributed by atoms with Gasteiger partial charge in [0.05, 0.1) is 13.1 Å². The highest BCUT2D eigenvalue weighted by molar-refractivity contribution is 5.81. The largest absolute Gasteiger partial charge is 0.334 e. The maximum atomic E-state index is 12.5. The van der Waals surface area contributed by atoms with E-state index in [-0.39, 0.29) is 24.9 Å². The summed E-state index contributed by atoms with van der Waals surface area (Å²) in [4.78, 5) is 30.3. The Morgan fingerprint density at radius 1 is 0.760 bits per heavy atom. The van der Waals surface area contributed by atoms with Gasteiger partial charge in [0.1, 0.15) is 0 Å². The van der Waals surface area contributed by atoms with Crippen molar-refractivity contribution >= 4 is 11.8 Å². The van der Waals surface area contributed by atoms with Crippen molar-refractivity contribution in [2.75, 3.05) is 45.8 Å². The van der Waals surface area contributed by atoms with Crippen LogP contribution in [0.3, 0.4) is 0 Å². The lowest BCUT2D eigenvalue weighted by Crippen LogP contribution is -2.46. The number of carbonyl (C=O) groups is 2. The average Bonchev–Trinajstić information content (AvgIpc) is 2.59. The zero-order chi connectivity index (χ0) is 19.1. The molecule has 5 heteroatoms. The predicted molar refractivity (Wildman–Crippen MR) is 105 cm³/mol. The molecular weight excluding hydrogens is 314 g/mol. The number of hydrogen-bond acceptors (Lipinski definition) is 3. The molecule has 25 heavy (non-hydrogen) atoms. The van der Waals surface area contributed by atoms with E-state index in [9.17, 15) is 9.59 Å². The minimum atomic E-state index is -0.0253. The van der Waals surface area contributed by atoms with Gasteiger partial charge in [-0.15, -0.1) is 26.3 Å². The highest BCUT2D eigenvalue weighted by Gasteiger charge is 2.20. The maximum Gasteiger partial charge on any atom is 0.237 e. The van der Waals surface area contributed by atoms with Crippen molar-refractivity contribution in [2.24, 2.45) is 0 Å². The number of unbranched alkanes of at least 4 members (excludes halogenated alkanes) is 1. The van der Waals surface area contributed by atoms with Crippen LogP contribution in [-0.2, 0) is 9.59 Å². The summed E-state index contributed by atoms with van der Waals surface area (Å²) in [6.45, 7) is 19.8. The monoisotopic (exact) mass is 347 g/mol. The predicted octanol–water partition coefficient (Wildman–Crippen LogP) is 2.49. The zero-order valence-electron chi connectivity index (χ0n) is 15.7. The lowest BCUT2D eigenvalue weighted by molar-refractivity contribution is -0.134. The molecule has 0 heterocycles. The van der Waals surface area contributed by atoms with E-state index in [1.54, 1.807) is 34.1 Å². The summed E-state index contributed by atoms with van der Waals surface area (Å²) in [6.07, 6.45) is 8.71. The Morgan fingerprint density at radius 3 is 1.40 bits per heavy atom. The zero-order valence-corrected chi connectivity index (χ0v) is 15.7. The van der Waals surface area contributed by atoms with Gasteiger partial charge in [0.25, 0.3) is 0 Å². The van der Waals surface area contributed by atoms with Crippen LogP contribution >= 0.6 is 0 Å². The van der Waals surface area contributed by atoms with Gasteiger partial charge in [0.15, 0.2) is 0 Å². The summed E-state index contributed by atoms with van der Waals surface area (Å²) in [6, 6.07) is 0.